The molecule has 0 spiro atoms. The summed E-state index contributed by atoms with van der Waals surface area (Å²) in [5.74, 6) is -4.12. The average Bonchev–Trinajstić information content (AvgIpc) is 3.19. The number of esters is 1. The molecule has 6 atom stereocenters. The number of hydrogen-bond acceptors (Lipinski definition) is 9. The largest absolute Gasteiger partial charge is 0.458 e. The van der Waals surface area contributed by atoms with E-state index in [0.717, 1.165) is 0 Å². The molecule has 2 aliphatic rings. The molecule has 0 aromatic rings. The minimum absolute atomic E-state index is 0.0392. The zero-order valence-corrected chi connectivity index (χ0v) is 29.0. The van der Waals surface area contributed by atoms with Gasteiger partial charge < -0.3 is 35.4 Å². The number of aliphatic hydroxyl groups excluding tert-OH is 1. The molecule has 1 heterocycles. The second kappa shape index (κ2) is 13.6. The maximum Gasteiger partial charge on any atom is 0.408 e. The van der Waals surface area contributed by atoms with E-state index in [9.17, 15) is 33.9 Å². The zero-order chi connectivity index (χ0) is 34.9. The van der Waals surface area contributed by atoms with E-state index < -0.39 is 83.0 Å². The molecule has 2 rings (SSSR count). The molecule has 13 nitrogen and oxygen atoms in total. The highest BCUT2D eigenvalue weighted by Gasteiger charge is 2.70. The third kappa shape index (κ3) is 9.88. The Morgan fingerprint density at radius 3 is 1.96 bits per heavy atom. The van der Waals surface area contributed by atoms with Crippen molar-refractivity contribution in [1.29, 1.82) is 0 Å². The van der Waals surface area contributed by atoms with Crippen LogP contribution in [0.4, 0.5) is 4.79 Å². The molecule has 0 bridgehead atoms. The summed E-state index contributed by atoms with van der Waals surface area (Å²) in [5, 5.41) is 17.7. The van der Waals surface area contributed by atoms with Crippen molar-refractivity contribution in [3.63, 3.8) is 0 Å². The van der Waals surface area contributed by atoms with Gasteiger partial charge in [-0.2, -0.15) is 0 Å². The average molecular weight is 639 g/mol. The predicted octanol–water partition coefficient (Wildman–Crippen LogP) is 2.08. The monoisotopic (exact) mass is 638 g/mol. The van der Waals surface area contributed by atoms with E-state index in [0.29, 0.717) is 13.0 Å². The molecule has 4 amide bonds. The fourth-order valence-corrected chi connectivity index (χ4v) is 5.76. The van der Waals surface area contributed by atoms with Gasteiger partial charge in [0.05, 0.1) is 12.6 Å². The molecule has 256 valence electrons. The van der Waals surface area contributed by atoms with Crippen molar-refractivity contribution in [1.82, 2.24) is 20.9 Å². The third-order valence-corrected chi connectivity index (χ3v) is 8.10. The lowest BCUT2D eigenvalue weighted by Gasteiger charge is -2.38. The third-order valence-electron chi connectivity index (χ3n) is 8.10. The van der Waals surface area contributed by atoms with E-state index in [-0.39, 0.29) is 23.7 Å². The molecule has 2 unspecified atom stereocenters. The summed E-state index contributed by atoms with van der Waals surface area (Å²) in [5.41, 5.74) is -2.58. The van der Waals surface area contributed by atoms with E-state index in [2.05, 4.69) is 16.0 Å². The van der Waals surface area contributed by atoms with Crippen molar-refractivity contribution in [2.75, 3.05) is 13.1 Å². The number of aliphatic hydroxyl groups is 1. The minimum atomic E-state index is -1.68. The van der Waals surface area contributed by atoms with Crippen LogP contribution in [0.2, 0.25) is 0 Å². The van der Waals surface area contributed by atoms with Crippen LogP contribution in [0.25, 0.3) is 0 Å². The van der Waals surface area contributed by atoms with Gasteiger partial charge in [0.1, 0.15) is 23.3 Å². The minimum Gasteiger partial charge on any atom is -0.458 e. The van der Waals surface area contributed by atoms with E-state index in [1.165, 1.54) is 4.90 Å². The van der Waals surface area contributed by atoms with Crippen LogP contribution in [-0.2, 0) is 33.4 Å². The van der Waals surface area contributed by atoms with Crippen molar-refractivity contribution < 1.29 is 43.3 Å². The summed E-state index contributed by atoms with van der Waals surface area (Å²) < 4.78 is 10.5. The highest BCUT2D eigenvalue weighted by molar-refractivity contribution is 6.38. The van der Waals surface area contributed by atoms with Crippen LogP contribution >= 0.6 is 0 Å². The summed E-state index contributed by atoms with van der Waals surface area (Å²) in [6, 6.07) is -3.12. The van der Waals surface area contributed by atoms with E-state index in [1.54, 1.807) is 69.2 Å². The van der Waals surface area contributed by atoms with Gasteiger partial charge in [0.2, 0.25) is 17.6 Å². The number of ketones is 1. The van der Waals surface area contributed by atoms with Crippen LogP contribution in [0.1, 0.15) is 95.9 Å². The molecule has 45 heavy (non-hydrogen) atoms. The van der Waals surface area contributed by atoms with Gasteiger partial charge in [-0.3, -0.25) is 19.2 Å². The van der Waals surface area contributed by atoms with Gasteiger partial charge in [-0.15, -0.1) is 0 Å². The maximum absolute atomic E-state index is 14.0. The molecule has 4 N–H and O–H groups in total. The van der Waals surface area contributed by atoms with Crippen LogP contribution in [0, 0.1) is 22.7 Å². The highest BCUT2D eigenvalue weighted by atomic mass is 16.6. The lowest BCUT2D eigenvalue weighted by molar-refractivity contribution is -0.164. The van der Waals surface area contributed by atoms with Crippen LogP contribution in [0.15, 0.2) is 0 Å². The zero-order valence-electron chi connectivity index (χ0n) is 29.0. The van der Waals surface area contributed by atoms with Crippen LogP contribution < -0.4 is 16.0 Å². The number of Topliss-reactive ketones (excluding diaryl/α,β-unsaturated/α-hetero) is 1. The lowest BCUT2D eigenvalue weighted by Crippen LogP contribution is -2.60. The number of alkyl carbamates (subject to hydrolysis) is 1. The molecule has 1 saturated heterocycles. The van der Waals surface area contributed by atoms with Crippen LogP contribution in [-0.4, -0.2) is 94.1 Å². The number of amides is 4. The van der Waals surface area contributed by atoms with Crippen LogP contribution in [0.3, 0.4) is 0 Å². The molecular formula is C32H54N4O9. The van der Waals surface area contributed by atoms with E-state index in [1.807, 2.05) is 13.8 Å². The summed E-state index contributed by atoms with van der Waals surface area (Å²) in [6.45, 7) is 21.0. The Morgan fingerprint density at radius 2 is 1.47 bits per heavy atom. The topological polar surface area (TPSA) is 180 Å². The Morgan fingerprint density at radius 1 is 0.911 bits per heavy atom. The lowest BCUT2D eigenvalue weighted by atomic mass is 9.85. The van der Waals surface area contributed by atoms with Crippen molar-refractivity contribution >= 4 is 35.6 Å². The normalized spacial score (nSPS) is 22.7. The van der Waals surface area contributed by atoms with Gasteiger partial charge in [-0.25, -0.2) is 9.59 Å². The Bertz CT molecular complexity index is 1160. The van der Waals surface area contributed by atoms with Crippen molar-refractivity contribution in [3.05, 3.63) is 0 Å². The van der Waals surface area contributed by atoms with E-state index >= 15 is 0 Å². The molecule has 1 aliphatic carbocycles. The number of hydrogen-bond donors (Lipinski definition) is 4. The summed E-state index contributed by atoms with van der Waals surface area (Å²) in [7, 11) is 0. The molecule has 13 heteroatoms. The first kappa shape index (κ1) is 38.0. The number of likely N-dealkylation sites (tertiary alicyclic amines) is 1. The predicted molar refractivity (Wildman–Crippen MR) is 166 cm³/mol. The molecular weight excluding hydrogens is 584 g/mol. The Labute approximate surface area is 266 Å². The molecule has 0 radical (unpaired) electrons. The molecule has 1 saturated carbocycles. The molecule has 0 aromatic carbocycles. The number of nitrogens with one attached hydrogen (secondary N) is 3. The number of fused-ring (bicyclic) bond motifs is 1. The van der Waals surface area contributed by atoms with Crippen molar-refractivity contribution in [2.24, 2.45) is 22.7 Å². The molecule has 2 fully saturated rings. The Hall–Kier alpha value is -3.22. The Balaban J connectivity index is 2.22. The van der Waals surface area contributed by atoms with Crippen molar-refractivity contribution in [2.45, 2.75) is 131 Å². The summed E-state index contributed by atoms with van der Waals surface area (Å²) >= 11 is 0. The number of rotatable bonds is 11. The highest BCUT2D eigenvalue weighted by Crippen LogP contribution is 2.65. The van der Waals surface area contributed by atoms with Gasteiger partial charge in [-0.1, -0.05) is 48.0 Å². The summed E-state index contributed by atoms with van der Waals surface area (Å²) in [6.07, 6.45) is -1.83. The fraction of sp³-hybridized carbons (Fsp3) is 0.812. The quantitative estimate of drug-likeness (QED) is 0.195. The fourth-order valence-electron chi connectivity index (χ4n) is 5.76. The number of carbonyl (C=O) groups is 6. The molecule has 0 aromatic heterocycles. The van der Waals surface area contributed by atoms with Crippen molar-refractivity contribution in [3.8, 4) is 0 Å². The number of ether oxygens (including phenoxy) is 2. The Kier molecular flexibility index (Phi) is 11.5. The standard InChI is InChI=1S/C32H54N4O9/c1-13-14-18(22(38)25(40)33-15-19(37)27(42)44-30(5,6)7)34-24(39)21-20-17(32(20,11)12)16-36(21)26(41)23(29(2,3)4)35-28(43)45-31(8,9)10/h17-21,23,37H,13-16H2,1-12H3,(H,33,40)(H,34,39)(H,35,43)/t17-,18?,19?,20-,21-,23+/m0/s1. The number of carbonyl (C=O) groups excluding carboxylic acids is 6. The van der Waals surface area contributed by atoms with Gasteiger partial charge >= 0.3 is 12.1 Å². The van der Waals surface area contributed by atoms with Gasteiger partial charge in [-0.05, 0) is 70.6 Å². The second-order valence-corrected chi connectivity index (χ2v) is 15.8. The second-order valence-electron chi connectivity index (χ2n) is 15.8. The first-order valence-electron chi connectivity index (χ1n) is 15.6. The summed E-state index contributed by atoms with van der Waals surface area (Å²) in [4.78, 5) is 79.9. The number of piperidine rings is 1. The molecule has 1 aliphatic heterocycles. The first-order valence-corrected chi connectivity index (χ1v) is 15.6. The maximum atomic E-state index is 14.0. The first-order chi connectivity index (χ1) is 20.3. The van der Waals surface area contributed by atoms with Gasteiger partial charge in [0, 0.05) is 6.54 Å². The van der Waals surface area contributed by atoms with Gasteiger partial charge in [0.15, 0.2) is 6.10 Å². The van der Waals surface area contributed by atoms with E-state index in [4.69, 9.17) is 9.47 Å². The van der Waals surface area contributed by atoms with Gasteiger partial charge in [0.25, 0.3) is 5.91 Å². The SMILES string of the molecule is CCCC(NC(=O)[C@@H]1[C@@H]2[C@H](CN1C(=O)[C@@H](NC(=O)OC(C)(C)C)C(C)(C)C)C2(C)C)C(=O)C(=O)NCC(O)C(=O)OC(C)(C)C. The number of nitrogens with zero attached hydrogens (tertiary/aromatic N) is 1. The van der Waals surface area contributed by atoms with Crippen LogP contribution in [0.5, 0.6) is 0 Å². The smallest absolute Gasteiger partial charge is 0.408 e.